The maximum Gasteiger partial charge on any atom is 0.170 e. The molecule has 2 rings (SSSR count). The van der Waals surface area contributed by atoms with E-state index >= 15 is 0 Å². The highest BCUT2D eigenvalue weighted by atomic mass is 79.9. The van der Waals surface area contributed by atoms with Gasteiger partial charge in [0.25, 0.3) is 0 Å². The Morgan fingerprint density at radius 2 is 2.11 bits per heavy atom. The molecule has 19 heavy (non-hydrogen) atoms. The van der Waals surface area contributed by atoms with E-state index in [1.54, 1.807) is 0 Å². The summed E-state index contributed by atoms with van der Waals surface area (Å²) >= 11 is 3.40. The molecular weight excluding hydrogens is 304 g/mol. The Balaban J connectivity index is 2.11. The Morgan fingerprint density at radius 1 is 1.37 bits per heavy atom. The molecule has 0 spiro atoms. The fraction of sp³-hybridized carbons (Fsp3) is 0.333. The van der Waals surface area contributed by atoms with Crippen molar-refractivity contribution in [1.29, 1.82) is 0 Å². The van der Waals surface area contributed by atoms with Gasteiger partial charge in [-0.05, 0) is 25.5 Å². The van der Waals surface area contributed by atoms with Gasteiger partial charge in [-0.2, -0.15) is 5.10 Å². The number of hydrogen-bond donors (Lipinski definition) is 0. The highest BCUT2D eigenvalue weighted by Crippen LogP contribution is 2.18. The molecule has 0 amide bonds. The van der Waals surface area contributed by atoms with Gasteiger partial charge in [-0.1, -0.05) is 41.1 Å². The summed E-state index contributed by atoms with van der Waals surface area (Å²) in [7, 11) is 0. The smallest absolute Gasteiger partial charge is 0.170 e. The Morgan fingerprint density at radius 3 is 2.79 bits per heavy atom. The molecule has 100 valence electrons. The van der Waals surface area contributed by atoms with Gasteiger partial charge in [0, 0.05) is 22.3 Å². The summed E-state index contributed by atoms with van der Waals surface area (Å²) in [5.74, 6) is 0.0851. The van der Waals surface area contributed by atoms with E-state index in [2.05, 4.69) is 34.9 Å². The third-order valence-corrected chi connectivity index (χ3v) is 3.91. The fourth-order valence-corrected chi connectivity index (χ4v) is 2.36. The molecule has 1 atom stereocenters. The second kappa shape index (κ2) is 6.15. The first-order valence-corrected chi connectivity index (χ1v) is 7.23. The number of rotatable bonds is 5. The van der Waals surface area contributed by atoms with Crippen LogP contribution in [0, 0.1) is 0 Å². The highest BCUT2D eigenvalue weighted by Gasteiger charge is 2.12. The lowest BCUT2D eigenvalue weighted by Gasteiger charge is -2.08. The molecule has 4 heteroatoms. The standard InChI is InChI=1S/C15H17BrN2O/c1-3-11(2)18-9-8-12(17-18)10-15(19)13-6-4-5-7-14(13)16/h4-9,11H,3,10H2,1-2H3. The van der Waals surface area contributed by atoms with Gasteiger partial charge in [0.15, 0.2) is 5.78 Å². The van der Waals surface area contributed by atoms with Gasteiger partial charge < -0.3 is 0 Å². The van der Waals surface area contributed by atoms with Crippen LogP contribution in [0.2, 0.25) is 0 Å². The van der Waals surface area contributed by atoms with Crippen molar-refractivity contribution in [3.8, 4) is 0 Å². The van der Waals surface area contributed by atoms with E-state index < -0.39 is 0 Å². The summed E-state index contributed by atoms with van der Waals surface area (Å²) in [5, 5.41) is 4.46. The molecule has 0 aliphatic heterocycles. The first-order valence-electron chi connectivity index (χ1n) is 6.43. The summed E-state index contributed by atoms with van der Waals surface area (Å²) in [6.45, 7) is 4.24. The average Bonchev–Trinajstić information content (AvgIpc) is 2.86. The van der Waals surface area contributed by atoms with Gasteiger partial charge in [0.05, 0.1) is 12.1 Å². The molecule has 1 unspecified atom stereocenters. The van der Waals surface area contributed by atoms with Crippen molar-refractivity contribution < 1.29 is 4.79 Å². The fourth-order valence-electron chi connectivity index (χ4n) is 1.85. The van der Waals surface area contributed by atoms with Gasteiger partial charge in [0.2, 0.25) is 0 Å². The Bertz CT molecular complexity index is 577. The van der Waals surface area contributed by atoms with Gasteiger partial charge >= 0.3 is 0 Å². The van der Waals surface area contributed by atoms with Crippen LogP contribution in [0.5, 0.6) is 0 Å². The summed E-state index contributed by atoms with van der Waals surface area (Å²) in [4.78, 5) is 12.2. The molecule has 0 aliphatic rings. The quantitative estimate of drug-likeness (QED) is 0.779. The lowest BCUT2D eigenvalue weighted by Crippen LogP contribution is -2.08. The third kappa shape index (κ3) is 3.32. The molecule has 0 N–H and O–H groups in total. The largest absolute Gasteiger partial charge is 0.294 e. The van der Waals surface area contributed by atoms with Crippen LogP contribution in [0.4, 0.5) is 0 Å². The number of ketones is 1. The van der Waals surface area contributed by atoms with E-state index in [4.69, 9.17) is 0 Å². The van der Waals surface area contributed by atoms with Gasteiger partial charge in [0.1, 0.15) is 0 Å². The molecule has 0 bridgehead atoms. The van der Waals surface area contributed by atoms with Crippen molar-refractivity contribution in [3.63, 3.8) is 0 Å². The first kappa shape index (κ1) is 14.0. The third-order valence-electron chi connectivity index (χ3n) is 3.22. The molecule has 3 nitrogen and oxygen atoms in total. The maximum absolute atomic E-state index is 12.2. The van der Waals surface area contributed by atoms with Crippen LogP contribution in [0.15, 0.2) is 41.0 Å². The summed E-state index contributed by atoms with van der Waals surface area (Å²) in [6, 6.07) is 9.77. The number of carbonyl (C=O) groups excluding carboxylic acids is 1. The minimum absolute atomic E-state index is 0.0851. The van der Waals surface area contributed by atoms with Crippen LogP contribution in [0.25, 0.3) is 0 Å². The topological polar surface area (TPSA) is 34.9 Å². The van der Waals surface area contributed by atoms with E-state index in [1.807, 2.05) is 41.2 Å². The van der Waals surface area contributed by atoms with Crippen molar-refractivity contribution in [2.45, 2.75) is 32.7 Å². The molecule has 2 aromatic rings. The van der Waals surface area contributed by atoms with Crippen molar-refractivity contribution in [1.82, 2.24) is 9.78 Å². The minimum Gasteiger partial charge on any atom is -0.294 e. The lowest BCUT2D eigenvalue weighted by molar-refractivity contribution is 0.0991. The second-order valence-corrected chi connectivity index (χ2v) is 5.48. The number of aromatic nitrogens is 2. The summed E-state index contributed by atoms with van der Waals surface area (Å²) in [6.07, 6.45) is 3.31. The second-order valence-electron chi connectivity index (χ2n) is 4.62. The number of Topliss-reactive ketones (excluding diaryl/α,β-unsaturated/α-hetero) is 1. The van der Waals surface area contributed by atoms with Crippen molar-refractivity contribution in [2.75, 3.05) is 0 Å². The molecule has 0 saturated heterocycles. The average molecular weight is 321 g/mol. The van der Waals surface area contributed by atoms with E-state index in [9.17, 15) is 4.79 Å². The maximum atomic E-state index is 12.2. The summed E-state index contributed by atoms with van der Waals surface area (Å²) in [5.41, 5.74) is 1.53. The molecule has 1 aromatic heterocycles. The van der Waals surface area contributed by atoms with Crippen molar-refractivity contribution >= 4 is 21.7 Å². The van der Waals surface area contributed by atoms with E-state index in [0.717, 1.165) is 16.6 Å². The van der Waals surface area contributed by atoms with Crippen molar-refractivity contribution in [2.24, 2.45) is 0 Å². The van der Waals surface area contributed by atoms with E-state index in [-0.39, 0.29) is 5.78 Å². The van der Waals surface area contributed by atoms with Crippen LogP contribution in [-0.2, 0) is 6.42 Å². The van der Waals surface area contributed by atoms with Crippen LogP contribution in [0.1, 0.15) is 42.4 Å². The van der Waals surface area contributed by atoms with Crippen LogP contribution in [0.3, 0.4) is 0 Å². The van der Waals surface area contributed by atoms with Gasteiger partial charge in [-0.3, -0.25) is 9.48 Å². The van der Waals surface area contributed by atoms with Crippen LogP contribution < -0.4 is 0 Å². The van der Waals surface area contributed by atoms with Crippen LogP contribution in [-0.4, -0.2) is 15.6 Å². The van der Waals surface area contributed by atoms with Gasteiger partial charge in [-0.15, -0.1) is 0 Å². The van der Waals surface area contributed by atoms with Crippen LogP contribution >= 0.6 is 15.9 Å². The van der Waals surface area contributed by atoms with Gasteiger partial charge in [-0.25, -0.2) is 0 Å². The Labute approximate surface area is 121 Å². The predicted octanol–water partition coefficient (Wildman–Crippen LogP) is 4.04. The first-order chi connectivity index (χ1) is 9.11. The molecular formula is C15H17BrN2O. The number of halogens is 1. The monoisotopic (exact) mass is 320 g/mol. The predicted molar refractivity (Wildman–Crippen MR) is 79.4 cm³/mol. The van der Waals surface area contributed by atoms with E-state index in [1.165, 1.54) is 0 Å². The Kier molecular flexibility index (Phi) is 4.53. The minimum atomic E-state index is 0.0851. The normalized spacial score (nSPS) is 12.4. The zero-order valence-electron chi connectivity index (χ0n) is 11.1. The van der Waals surface area contributed by atoms with Crippen molar-refractivity contribution in [3.05, 3.63) is 52.3 Å². The number of benzene rings is 1. The Hall–Kier alpha value is -1.42. The van der Waals surface area contributed by atoms with E-state index in [0.29, 0.717) is 18.0 Å². The molecule has 0 radical (unpaired) electrons. The molecule has 1 aromatic carbocycles. The number of carbonyl (C=O) groups is 1. The lowest BCUT2D eigenvalue weighted by atomic mass is 10.1. The number of hydrogen-bond acceptors (Lipinski definition) is 2. The SMILES string of the molecule is CCC(C)n1ccc(CC(=O)c2ccccc2Br)n1. The zero-order valence-corrected chi connectivity index (χ0v) is 12.7. The molecule has 0 fully saturated rings. The molecule has 0 aliphatic carbocycles. The highest BCUT2D eigenvalue weighted by molar-refractivity contribution is 9.10. The zero-order chi connectivity index (χ0) is 13.8. The summed E-state index contributed by atoms with van der Waals surface area (Å²) < 4.78 is 2.75. The molecule has 0 saturated carbocycles. The number of nitrogens with zero attached hydrogens (tertiary/aromatic N) is 2. The molecule has 1 heterocycles.